The van der Waals surface area contributed by atoms with Crippen LogP contribution in [0.2, 0.25) is 10.0 Å². The van der Waals surface area contributed by atoms with Crippen LogP contribution in [-0.4, -0.2) is 19.0 Å². The Hall–Kier alpha value is -2.56. The molecule has 0 saturated heterocycles. The Morgan fingerprint density at radius 1 is 1.08 bits per heavy atom. The van der Waals surface area contributed by atoms with Crippen LogP contribution in [0.5, 0.6) is 5.75 Å². The molecule has 0 atom stereocenters. The van der Waals surface area contributed by atoms with Crippen LogP contribution >= 0.6 is 23.2 Å². The fraction of sp³-hybridized carbons (Fsp3) is 0.0526. The van der Waals surface area contributed by atoms with Crippen LogP contribution in [0.1, 0.15) is 11.1 Å². The lowest BCUT2D eigenvalue weighted by Crippen LogP contribution is -2.01. The molecule has 6 heteroatoms. The molecular weight excluding hydrogens is 361 g/mol. The summed E-state index contributed by atoms with van der Waals surface area (Å²) in [6.07, 6.45) is 4.98. The Bertz CT molecular complexity index is 917. The van der Waals surface area contributed by atoms with Crippen LogP contribution in [0.4, 0.5) is 0 Å². The summed E-state index contributed by atoms with van der Waals surface area (Å²) in [5.74, 6) is 0.406. The summed E-state index contributed by atoms with van der Waals surface area (Å²) in [6.45, 7) is 0. The van der Waals surface area contributed by atoms with E-state index in [1.807, 2.05) is 24.3 Å². The number of hydrogen-bond donors (Lipinski definition) is 0. The van der Waals surface area contributed by atoms with Crippen LogP contribution in [-0.2, 0) is 9.53 Å². The van der Waals surface area contributed by atoms with Crippen molar-refractivity contribution in [1.82, 2.24) is 0 Å². The smallest absolute Gasteiger partial charge is 0.363 e. The second-order valence-corrected chi connectivity index (χ2v) is 5.93. The van der Waals surface area contributed by atoms with E-state index in [-0.39, 0.29) is 11.6 Å². The number of benzene rings is 2. The van der Waals surface area contributed by atoms with Crippen molar-refractivity contribution in [1.29, 1.82) is 0 Å². The predicted molar refractivity (Wildman–Crippen MR) is 100.0 cm³/mol. The van der Waals surface area contributed by atoms with Gasteiger partial charge in [0.05, 0.1) is 17.2 Å². The fourth-order valence-corrected chi connectivity index (χ4v) is 2.53. The van der Waals surface area contributed by atoms with Gasteiger partial charge in [-0.2, -0.15) is 0 Å². The van der Waals surface area contributed by atoms with Crippen molar-refractivity contribution in [3.8, 4) is 5.75 Å². The quantitative estimate of drug-likeness (QED) is 0.558. The Morgan fingerprint density at radius 2 is 1.88 bits per heavy atom. The third kappa shape index (κ3) is 4.10. The molecule has 0 fully saturated rings. The zero-order valence-electron chi connectivity index (χ0n) is 13.2. The van der Waals surface area contributed by atoms with E-state index in [0.717, 1.165) is 11.3 Å². The molecule has 2 aromatic carbocycles. The van der Waals surface area contributed by atoms with Crippen molar-refractivity contribution in [3.63, 3.8) is 0 Å². The molecule has 4 nitrogen and oxygen atoms in total. The number of hydrogen-bond acceptors (Lipinski definition) is 4. The van der Waals surface area contributed by atoms with E-state index in [9.17, 15) is 4.79 Å². The molecule has 3 rings (SSSR count). The maximum atomic E-state index is 12.0. The average Bonchev–Trinajstić information content (AvgIpc) is 2.96. The molecule has 0 spiro atoms. The fourth-order valence-electron chi connectivity index (χ4n) is 2.22. The normalized spacial score (nSPS) is 15.6. The number of para-hydroxylation sites is 1. The largest absolute Gasteiger partial charge is 0.496 e. The van der Waals surface area contributed by atoms with Gasteiger partial charge >= 0.3 is 5.97 Å². The standard InChI is InChI=1S/C19H13Cl2NO3/c1-24-17-5-3-2-4-13(17)7-9-18-22-16(19(23)25-18)11-12-6-8-14(20)15(21)10-12/h2-11H,1H3/b9-7+,16-11-. The van der Waals surface area contributed by atoms with Crippen LogP contribution in [0, 0.1) is 0 Å². The molecule has 1 aliphatic rings. The predicted octanol–water partition coefficient (Wildman–Crippen LogP) is 5.01. The first-order valence-corrected chi connectivity index (χ1v) is 8.11. The Balaban J connectivity index is 1.83. The lowest BCUT2D eigenvalue weighted by Gasteiger charge is -2.02. The van der Waals surface area contributed by atoms with Crippen molar-refractivity contribution in [3.05, 3.63) is 75.4 Å². The second-order valence-electron chi connectivity index (χ2n) is 5.12. The highest BCUT2D eigenvalue weighted by Gasteiger charge is 2.21. The highest BCUT2D eigenvalue weighted by atomic mass is 35.5. The van der Waals surface area contributed by atoms with Gasteiger partial charge in [-0.25, -0.2) is 9.79 Å². The number of rotatable bonds is 4. The van der Waals surface area contributed by atoms with E-state index in [0.29, 0.717) is 15.6 Å². The molecule has 0 unspecified atom stereocenters. The maximum absolute atomic E-state index is 12.0. The molecule has 1 heterocycles. The van der Waals surface area contributed by atoms with E-state index in [1.54, 1.807) is 43.5 Å². The molecule has 0 bridgehead atoms. The number of carbonyl (C=O) groups excluding carboxylic acids is 1. The van der Waals surface area contributed by atoms with Gasteiger partial charge in [0.1, 0.15) is 5.75 Å². The summed E-state index contributed by atoms with van der Waals surface area (Å²) in [4.78, 5) is 16.1. The first-order valence-electron chi connectivity index (χ1n) is 7.35. The minimum absolute atomic E-state index is 0.193. The first kappa shape index (κ1) is 17.3. The average molecular weight is 374 g/mol. The topological polar surface area (TPSA) is 47.9 Å². The van der Waals surface area contributed by atoms with Crippen LogP contribution in [0.15, 0.2) is 59.2 Å². The van der Waals surface area contributed by atoms with Gasteiger partial charge in [-0.3, -0.25) is 0 Å². The molecule has 2 aromatic rings. The van der Waals surface area contributed by atoms with E-state index in [4.69, 9.17) is 32.7 Å². The molecule has 0 saturated carbocycles. The number of ether oxygens (including phenoxy) is 2. The summed E-state index contributed by atoms with van der Waals surface area (Å²) >= 11 is 11.9. The minimum Gasteiger partial charge on any atom is -0.496 e. The highest BCUT2D eigenvalue weighted by Crippen LogP contribution is 2.25. The summed E-state index contributed by atoms with van der Waals surface area (Å²) < 4.78 is 10.4. The number of nitrogens with zero attached hydrogens (tertiary/aromatic N) is 1. The molecule has 0 aromatic heterocycles. The van der Waals surface area contributed by atoms with E-state index in [1.165, 1.54) is 0 Å². The molecule has 25 heavy (non-hydrogen) atoms. The third-order valence-electron chi connectivity index (χ3n) is 3.43. The summed E-state index contributed by atoms with van der Waals surface area (Å²) in [6, 6.07) is 12.6. The minimum atomic E-state index is -0.522. The Morgan fingerprint density at radius 3 is 2.64 bits per heavy atom. The van der Waals surface area contributed by atoms with Gasteiger partial charge in [0.2, 0.25) is 5.90 Å². The molecule has 0 N–H and O–H groups in total. The van der Waals surface area contributed by atoms with Gasteiger partial charge in [-0.05, 0) is 35.9 Å². The zero-order chi connectivity index (χ0) is 17.8. The Labute approximate surface area is 155 Å². The lowest BCUT2D eigenvalue weighted by atomic mass is 10.2. The monoisotopic (exact) mass is 373 g/mol. The van der Waals surface area contributed by atoms with Crippen molar-refractivity contribution < 1.29 is 14.3 Å². The van der Waals surface area contributed by atoms with Gasteiger partial charge in [-0.15, -0.1) is 0 Å². The van der Waals surface area contributed by atoms with Crippen LogP contribution in [0.3, 0.4) is 0 Å². The molecule has 1 aliphatic heterocycles. The van der Waals surface area contributed by atoms with E-state index >= 15 is 0 Å². The highest BCUT2D eigenvalue weighted by molar-refractivity contribution is 6.42. The summed E-state index contributed by atoms with van der Waals surface area (Å²) in [7, 11) is 1.60. The molecule has 0 aliphatic carbocycles. The summed E-state index contributed by atoms with van der Waals surface area (Å²) in [5.41, 5.74) is 1.75. The SMILES string of the molecule is COc1ccccc1/C=C/C1=NC(=C\c2ccc(Cl)c(Cl)c2)/C(=O)O1. The molecule has 126 valence electrons. The number of methoxy groups -OCH3 is 1. The first-order chi connectivity index (χ1) is 12.1. The van der Waals surface area contributed by atoms with Crippen LogP contribution in [0.25, 0.3) is 12.2 Å². The van der Waals surface area contributed by atoms with Crippen molar-refractivity contribution in [2.45, 2.75) is 0 Å². The van der Waals surface area contributed by atoms with Gasteiger partial charge in [0.25, 0.3) is 0 Å². The van der Waals surface area contributed by atoms with Gasteiger partial charge in [0, 0.05) is 11.6 Å². The van der Waals surface area contributed by atoms with Crippen LogP contribution < -0.4 is 4.74 Å². The number of carbonyl (C=O) groups is 1. The number of aliphatic imine (C=N–C) groups is 1. The van der Waals surface area contributed by atoms with Crippen molar-refractivity contribution in [2.75, 3.05) is 7.11 Å². The van der Waals surface area contributed by atoms with Crippen molar-refractivity contribution in [2.24, 2.45) is 4.99 Å². The van der Waals surface area contributed by atoms with E-state index in [2.05, 4.69) is 4.99 Å². The maximum Gasteiger partial charge on any atom is 0.363 e. The zero-order valence-corrected chi connectivity index (χ0v) is 14.7. The lowest BCUT2D eigenvalue weighted by molar-refractivity contribution is -0.129. The number of cyclic esters (lactones) is 1. The second kappa shape index (κ2) is 7.55. The van der Waals surface area contributed by atoms with Gasteiger partial charge < -0.3 is 9.47 Å². The summed E-state index contributed by atoms with van der Waals surface area (Å²) in [5, 5.41) is 0.851. The third-order valence-corrected chi connectivity index (χ3v) is 4.17. The molecule has 0 amide bonds. The van der Waals surface area contributed by atoms with Crippen molar-refractivity contribution >= 4 is 47.2 Å². The van der Waals surface area contributed by atoms with Gasteiger partial charge in [0.15, 0.2) is 5.70 Å². The molecular formula is C19H13Cl2NO3. The number of halogens is 2. The molecule has 0 radical (unpaired) electrons. The number of esters is 1. The van der Waals surface area contributed by atoms with E-state index < -0.39 is 5.97 Å². The Kier molecular flexibility index (Phi) is 5.22. The van der Waals surface area contributed by atoms with Gasteiger partial charge in [-0.1, -0.05) is 47.5 Å².